The first-order valence-corrected chi connectivity index (χ1v) is 12.3. The predicted molar refractivity (Wildman–Crippen MR) is 140 cm³/mol. The molecule has 0 saturated heterocycles. The Bertz CT molecular complexity index is 1630. The van der Waals surface area contributed by atoms with E-state index in [1.165, 1.54) is 32.3 Å². The number of fused-ring (bicyclic) bond motifs is 4. The van der Waals surface area contributed by atoms with Gasteiger partial charge in [-0.2, -0.15) is 0 Å². The van der Waals surface area contributed by atoms with Gasteiger partial charge in [-0.1, -0.05) is 60.7 Å². The molecule has 0 bridgehead atoms. The van der Waals surface area contributed by atoms with Crippen LogP contribution in [-0.2, 0) is 26.1 Å². The first kappa shape index (κ1) is 21.6. The van der Waals surface area contributed by atoms with E-state index in [-0.39, 0.29) is 11.2 Å². The molecule has 6 rings (SSSR count). The second-order valence-corrected chi connectivity index (χ2v) is 9.33. The third kappa shape index (κ3) is 4.00. The van der Waals surface area contributed by atoms with Crippen LogP contribution in [-0.4, -0.2) is 32.1 Å². The lowest BCUT2D eigenvalue weighted by Crippen LogP contribution is -2.37. The van der Waals surface area contributed by atoms with E-state index in [1.54, 1.807) is 12.1 Å². The number of nitrogens with one attached hydrogen (secondary N) is 1. The number of nitrogens with zero attached hydrogens (tertiary/aromatic N) is 3. The molecule has 0 radical (unpaired) electrons. The van der Waals surface area contributed by atoms with Crippen LogP contribution in [0.25, 0.3) is 21.8 Å². The van der Waals surface area contributed by atoms with Gasteiger partial charge in [0.05, 0.1) is 10.9 Å². The van der Waals surface area contributed by atoms with Crippen LogP contribution in [0, 0.1) is 0 Å². The Morgan fingerprint density at radius 2 is 1.51 bits per heavy atom. The van der Waals surface area contributed by atoms with Gasteiger partial charge in [-0.15, -0.1) is 0 Å². The molecule has 0 atom stereocenters. The van der Waals surface area contributed by atoms with Gasteiger partial charge in [0.1, 0.15) is 0 Å². The van der Waals surface area contributed by atoms with Crippen LogP contribution < -0.4 is 11.2 Å². The van der Waals surface area contributed by atoms with Crippen LogP contribution >= 0.6 is 0 Å². The van der Waals surface area contributed by atoms with Crippen molar-refractivity contribution in [2.24, 2.45) is 0 Å². The molecule has 0 aliphatic carbocycles. The fourth-order valence-electron chi connectivity index (χ4n) is 5.45. The molecule has 2 aromatic heterocycles. The zero-order valence-corrected chi connectivity index (χ0v) is 19.6. The van der Waals surface area contributed by atoms with Crippen LogP contribution in [0.2, 0.25) is 0 Å². The summed E-state index contributed by atoms with van der Waals surface area (Å²) in [6, 6.07) is 26.5. The second kappa shape index (κ2) is 9.04. The number of aromatic amines is 1. The van der Waals surface area contributed by atoms with Crippen molar-refractivity contribution in [3.8, 4) is 0 Å². The minimum Gasteiger partial charge on any atom is -0.340 e. The highest BCUT2D eigenvalue weighted by Crippen LogP contribution is 2.31. The molecule has 0 unspecified atom stereocenters. The molecule has 6 heteroatoms. The van der Waals surface area contributed by atoms with Crippen LogP contribution in [0.5, 0.6) is 0 Å². The summed E-state index contributed by atoms with van der Waals surface area (Å²) in [5.41, 5.74) is 5.47. The van der Waals surface area contributed by atoms with Crippen molar-refractivity contribution in [1.29, 1.82) is 0 Å². The molecule has 3 heterocycles. The van der Waals surface area contributed by atoms with Crippen molar-refractivity contribution in [2.45, 2.75) is 32.5 Å². The average molecular weight is 465 g/mol. The van der Waals surface area contributed by atoms with Gasteiger partial charge in [-0.3, -0.25) is 14.3 Å². The lowest BCUT2D eigenvalue weighted by molar-refractivity contribution is 0.244. The lowest BCUT2D eigenvalue weighted by Gasteiger charge is -2.28. The maximum absolute atomic E-state index is 12.8. The first-order valence-electron chi connectivity index (χ1n) is 12.3. The fourth-order valence-corrected chi connectivity index (χ4v) is 5.45. The highest BCUT2D eigenvalue weighted by molar-refractivity contribution is 5.86. The highest BCUT2D eigenvalue weighted by Gasteiger charge is 2.23. The summed E-state index contributed by atoms with van der Waals surface area (Å²) in [6.07, 6.45) is 1.74. The van der Waals surface area contributed by atoms with Crippen molar-refractivity contribution in [1.82, 2.24) is 19.0 Å². The molecule has 0 fully saturated rings. The summed E-state index contributed by atoms with van der Waals surface area (Å²) < 4.78 is 3.81. The standard InChI is InChI=1S/C29H28N4O2/c34-28-23-12-4-6-13-25(23)30-29(35)32(28)17-8-16-31-18-15-27-24(20-31)22-11-5-7-14-26(22)33(27)19-21-9-2-1-3-10-21/h1-7,9-14H,8,15-20H2,(H,30,35). The topological polar surface area (TPSA) is 63.0 Å². The molecule has 5 aromatic rings. The van der Waals surface area contributed by atoms with Crippen LogP contribution in [0.3, 0.4) is 0 Å². The third-order valence-corrected chi connectivity index (χ3v) is 7.17. The average Bonchev–Trinajstić information content (AvgIpc) is 3.19. The Labute approximate surface area is 203 Å². The fraction of sp³-hybridized carbons (Fsp3) is 0.241. The van der Waals surface area contributed by atoms with E-state index >= 15 is 0 Å². The smallest absolute Gasteiger partial charge is 0.328 e. The lowest BCUT2D eigenvalue weighted by atomic mass is 10.0. The molecule has 0 amide bonds. The largest absolute Gasteiger partial charge is 0.340 e. The molecule has 3 aromatic carbocycles. The minimum atomic E-state index is -0.335. The van der Waals surface area contributed by atoms with Crippen LogP contribution in [0.4, 0.5) is 0 Å². The number of rotatable bonds is 6. The summed E-state index contributed by atoms with van der Waals surface area (Å²) in [5, 5.41) is 1.88. The number of hydrogen-bond donors (Lipinski definition) is 1. The maximum atomic E-state index is 12.8. The van der Waals surface area contributed by atoms with Gasteiger partial charge in [0.15, 0.2) is 0 Å². The Hall–Kier alpha value is -3.90. The molecule has 1 aliphatic heterocycles. The van der Waals surface area contributed by atoms with Crippen molar-refractivity contribution in [2.75, 3.05) is 13.1 Å². The van der Waals surface area contributed by atoms with E-state index in [4.69, 9.17) is 0 Å². The van der Waals surface area contributed by atoms with Gasteiger partial charge in [-0.05, 0) is 35.7 Å². The number of para-hydroxylation sites is 2. The molecule has 1 aliphatic rings. The van der Waals surface area contributed by atoms with Gasteiger partial charge in [-0.25, -0.2) is 4.79 Å². The van der Waals surface area contributed by atoms with Crippen LogP contribution in [0.1, 0.15) is 23.2 Å². The molecule has 35 heavy (non-hydrogen) atoms. The molecule has 6 nitrogen and oxygen atoms in total. The molecule has 176 valence electrons. The van der Waals surface area contributed by atoms with E-state index in [2.05, 4.69) is 69.0 Å². The zero-order chi connectivity index (χ0) is 23.8. The summed E-state index contributed by atoms with van der Waals surface area (Å²) in [5.74, 6) is 0. The van der Waals surface area contributed by atoms with Crippen molar-refractivity contribution in [3.63, 3.8) is 0 Å². The van der Waals surface area contributed by atoms with Crippen LogP contribution in [0.15, 0.2) is 88.5 Å². The number of hydrogen-bond acceptors (Lipinski definition) is 3. The first-order chi connectivity index (χ1) is 17.2. The SMILES string of the molecule is O=c1[nH]c2ccccc2c(=O)n1CCCN1CCc2c(c3ccccc3n2Cc2ccccc2)C1. The summed E-state index contributed by atoms with van der Waals surface area (Å²) in [7, 11) is 0. The minimum absolute atomic E-state index is 0.214. The Kier molecular flexibility index (Phi) is 5.58. The maximum Gasteiger partial charge on any atom is 0.328 e. The molecular formula is C29H28N4O2. The van der Waals surface area contributed by atoms with Crippen molar-refractivity contribution in [3.05, 3.63) is 117 Å². The monoisotopic (exact) mass is 464 g/mol. The van der Waals surface area contributed by atoms with Crippen molar-refractivity contribution < 1.29 is 0 Å². The quantitative estimate of drug-likeness (QED) is 0.411. The van der Waals surface area contributed by atoms with Gasteiger partial charge < -0.3 is 9.55 Å². The zero-order valence-electron chi connectivity index (χ0n) is 19.6. The normalized spacial score (nSPS) is 13.9. The van der Waals surface area contributed by atoms with E-state index in [1.807, 2.05) is 12.1 Å². The Morgan fingerprint density at radius 1 is 0.771 bits per heavy atom. The third-order valence-electron chi connectivity index (χ3n) is 7.17. The van der Waals surface area contributed by atoms with E-state index in [0.717, 1.165) is 39.0 Å². The van der Waals surface area contributed by atoms with Gasteiger partial charge in [0, 0.05) is 55.7 Å². The van der Waals surface area contributed by atoms with Gasteiger partial charge in [0.25, 0.3) is 5.56 Å². The summed E-state index contributed by atoms with van der Waals surface area (Å²) in [4.78, 5) is 30.6. The Morgan fingerprint density at radius 3 is 2.37 bits per heavy atom. The molecule has 0 saturated carbocycles. The highest BCUT2D eigenvalue weighted by atomic mass is 16.2. The molecule has 1 N–H and O–H groups in total. The second-order valence-electron chi connectivity index (χ2n) is 9.33. The summed E-state index contributed by atoms with van der Waals surface area (Å²) >= 11 is 0. The predicted octanol–water partition coefficient (Wildman–Crippen LogP) is 4.14. The number of H-pyrrole nitrogens is 1. The van der Waals surface area contributed by atoms with E-state index in [9.17, 15) is 9.59 Å². The van der Waals surface area contributed by atoms with Crippen molar-refractivity contribution >= 4 is 21.8 Å². The summed E-state index contributed by atoms with van der Waals surface area (Å²) in [6.45, 7) is 4.00. The van der Waals surface area contributed by atoms with E-state index < -0.39 is 0 Å². The number of benzene rings is 3. The Balaban J connectivity index is 1.21. The van der Waals surface area contributed by atoms with Gasteiger partial charge >= 0.3 is 5.69 Å². The number of aromatic nitrogens is 3. The van der Waals surface area contributed by atoms with E-state index in [0.29, 0.717) is 17.4 Å². The van der Waals surface area contributed by atoms with Gasteiger partial charge in [0.2, 0.25) is 0 Å². The molecular weight excluding hydrogens is 436 g/mol. The molecule has 0 spiro atoms.